The van der Waals surface area contributed by atoms with Crippen LogP contribution in [0.25, 0.3) is 10.9 Å². The summed E-state index contributed by atoms with van der Waals surface area (Å²) in [7, 11) is -2.81. The van der Waals surface area contributed by atoms with Crippen molar-refractivity contribution >= 4 is 34.4 Å². The van der Waals surface area contributed by atoms with Gasteiger partial charge in [-0.3, -0.25) is 4.57 Å². The van der Waals surface area contributed by atoms with Crippen LogP contribution in [0.2, 0.25) is 0 Å². The zero-order chi connectivity index (χ0) is 20.5. The van der Waals surface area contributed by atoms with Crippen LogP contribution in [0.5, 0.6) is 5.75 Å². The molecule has 5 nitrogen and oxygen atoms in total. The van der Waals surface area contributed by atoms with E-state index in [2.05, 4.69) is 42.9 Å². The molecular formula is C19H19BrF2NO4P. The molecule has 0 aliphatic heterocycles. The lowest BCUT2D eigenvalue weighted by Crippen LogP contribution is -2.03. The van der Waals surface area contributed by atoms with E-state index in [-0.39, 0.29) is 0 Å². The first-order valence-electron chi connectivity index (χ1n) is 8.43. The molecule has 9 heteroatoms. The number of rotatable bonds is 7. The van der Waals surface area contributed by atoms with Crippen LogP contribution < -0.4 is 4.74 Å². The fourth-order valence-electron chi connectivity index (χ4n) is 3.30. The van der Waals surface area contributed by atoms with Gasteiger partial charge in [-0.1, -0.05) is 40.2 Å². The Bertz CT molecular complexity index is 1060. The number of para-hydroxylation sites is 1. The lowest BCUT2D eigenvalue weighted by Gasteiger charge is -2.13. The highest BCUT2D eigenvalue weighted by atomic mass is 79.9. The molecule has 1 aromatic heterocycles. The Labute approximate surface area is 169 Å². The summed E-state index contributed by atoms with van der Waals surface area (Å²) in [6.07, 6.45) is -0.528. The van der Waals surface area contributed by atoms with Crippen molar-refractivity contribution in [3.8, 4) is 5.75 Å². The summed E-state index contributed by atoms with van der Waals surface area (Å²) in [4.78, 5) is 0. The molecule has 0 aliphatic carbocycles. The molecule has 0 amide bonds. The molecule has 2 aromatic carbocycles. The van der Waals surface area contributed by atoms with Crippen molar-refractivity contribution in [2.45, 2.75) is 26.6 Å². The van der Waals surface area contributed by atoms with Crippen molar-refractivity contribution in [2.75, 3.05) is 7.11 Å². The molecular weight excluding hydrogens is 455 g/mol. The number of aromatic nitrogens is 1. The smallest absolute Gasteiger partial charge is 0.399 e. The minimum Gasteiger partial charge on any atom is -0.495 e. The summed E-state index contributed by atoms with van der Waals surface area (Å²) in [5.74, 6) is 0.783. The summed E-state index contributed by atoms with van der Waals surface area (Å²) in [5, 5.41) is 1.12. The van der Waals surface area contributed by atoms with Gasteiger partial charge in [-0.05, 0) is 51.7 Å². The predicted octanol–water partition coefficient (Wildman–Crippen LogP) is 6.57. The first-order valence-corrected chi connectivity index (χ1v) is 10.9. The first kappa shape index (κ1) is 21.0. The number of benzene rings is 2. The van der Waals surface area contributed by atoms with Crippen LogP contribution in [0, 0.1) is 13.8 Å². The maximum atomic E-state index is 12.3. The summed E-state index contributed by atoms with van der Waals surface area (Å²) in [6, 6.07) is 11.2. The van der Waals surface area contributed by atoms with E-state index in [4.69, 9.17) is 4.74 Å². The van der Waals surface area contributed by atoms with Crippen molar-refractivity contribution < 1.29 is 27.8 Å². The summed E-state index contributed by atoms with van der Waals surface area (Å²) >= 11 is 3.36. The molecule has 3 rings (SSSR count). The molecule has 0 spiro atoms. The van der Waals surface area contributed by atoms with Crippen LogP contribution in [0.15, 0.2) is 40.9 Å². The fourth-order valence-corrected chi connectivity index (χ4v) is 4.89. The Hall–Kier alpha value is -1.73. The van der Waals surface area contributed by atoms with Crippen LogP contribution in [-0.4, -0.2) is 11.7 Å². The highest BCUT2D eigenvalue weighted by Gasteiger charge is 2.29. The molecule has 0 radical (unpaired) electrons. The van der Waals surface area contributed by atoms with Gasteiger partial charge >= 0.3 is 7.60 Å². The summed E-state index contributed by atoms with van der Waals surface area (Å²) in [5.41, 5.74) is 4.64. The summed E-state index contributed by atoms with van der Waals surface area (Å²) in [6.45, 7) is 4.68. The van der Waals surface area contributed by atoms with E-state index in [0.29, 0.717) is 16.6 Å². The van der Waals surface area contributed by atoms with Gasteiger partial charge in [0.25, 0.3) is 0 Å². The molecule has 0 saturated carbocycles. The maximum Gasteiger partial charge on any atom is 0.399 e. The quantitative estimate of drug-likeness (QED) is 0.364. The van der Waals surface area contributed by atoms with Gasteiger partial charge in [-0.25, -0.2) is 0 Å². The largest absolute Gasteiger partial charge is 0.495 e. The van der Waals surface area contributed by atoms with Crippen molar-refractivity contribution in [3.63, 3.8) is 0 Å². The first-order chi connectivity index (χ1) is 13.3. The Morgan fingerprint density at radius 2 is 1.86 bits per heavy atom. The minimum absolute atomic E-state index is 0.408. The number of halogens is 3. The van der Waals surface area contributed by atoms with Crippen LogP contribution in [0.3, 0.4) is 0 Å². The van der Waals surface area contributed by atoms with Crippen LogP contribution in [0.4, 0.5) is 9.05 Å². The van der Waals surface area contributed by atoms with Gasteiger partial charge in [0, 0.05) is 22.1 Å². The molecule has 1 heterocycles. The third-order valence-electron chi connectivity index (χ3n) is 4.87. The van der Waals surface area contributed by atoms with E-state index in [1.165, 1.54) is 5.56 Å². The third-order valence-corrected chi connectivity index (χ3v) is 6.76. The number of hydrogen-bond donors (Lipinski definition) is 0. The van der Waals surface area contributed by atoms with E-state index >= 15 is 0 Å². The molecule has 0 saturated heterocycles. The van der Waals surface area contributed by atoms with Crippen LogP contribution >= 0.6 is 23.5 Å². The molecule has 0 bridgehead atoms. The monoisotopic (exact) mass is 473 g/mol. The summed E-state index contributed by atoms with van der Waals surface area (Å²) < 4.78 is 51.0. The molecule has 28 heavy (non-hydrogen) atoms. The number of hydrogen-bond acceptors (Lipinski definition) is 4. The average Bonchev–Trinajstić information content (AvgIpc) is 2.95. The Balaban J connectivity index is 1.98. The molecule has 0 aliphatic rings. The number of fused-ring (bicyclic) bond motifs is 1. The van der Waals surface area contributed by atoms with E-state index < -0.39 is 13.8 Å². The van der Waals surface area contributed by atoms with Gasteiger partial charge in [0.05, 0.1) is 18.8 Å². The van der Waals surface area contributed by atoms with E-state index in [0.717, 1.165) is 27.9 Å². The fraction of sp³-hybridized carbons (Fsp3) is 0.263. The molecule has 0 N–H and O–H groups in total. The van der Waals surface area contributed by atoms with Gasteiger partial charge in [0.15, 0.2) is 0 Å². The minimum atomic E-state index is -4.44. The molecule has 0 unspecified atom stereocenters. The highest BCUT2D eigenvalue weighted by molar-refractivity contribution is 9.10. The second-order valence-electron chi connectivity index (χ2n) is 6.49. The zero-order valence-corrected chi connectivity index (χ0v) is 18.0. The maximum absolute atomic E-state index is 12.3. The Morgan fingerprint density at radius 1 is 1.14 bits per heavy atom. The number of methoxy groups -OCH3 is 1. The van der Waals surface area contributed by atoms with Crippen LogP contribution in [-0.2, 0) is 26.7 Å². The van der Waals surface area contributed by atoms with Crippen molar-refractivity contribution in [1.29, 1.82) is 0 Å². The normalized spacial score (nSPS) is 11.9. The Kier molecular flexibility index (Phi) is 6.25. The zero-order valence-electron chi connectivity index (χ0n) is 15.5. The molecule has 0 fully saturated rings. The molecule has 0 atom stereocenters. The van der Waals surface area contributed by atoms with E-state index in [1.807, 2.05) is 25.1 Å². The molecule has 3 aromatic rings. The standard InChI is InChI=1S/C19H19BrF2NO4P/c1-12-13(2)23(19-16(12)5-4-6-18(19)25-3)10-14-7-8-15(17(20)9-14)11-28(24,26-21)27-22/h4-9H,10-11H2,1-3H3. The Morgan fingerprint density at radius 3 is 2.46 bits per heavy atom. The number of aryl methyl sites for hydroxylation is 1. The van der Waals surface area contributed by atoms with Gasteiger partial charge < -0.3 is 9.30 Å². The van der Waals surface area contributed by atoms with Gasteiger partial charge in [-0.2, -0.15) is 0 Å². The average molecular weight is 474 g/mol. The lowest BCUT2D eigenvalue weighted by atomic mass is 10.1. The SMILES string of the molecule is COc1cccc2c(C)c(C)n(Cc3ccc(CP(=O)(OF)OF)c(Br)c3)c12. The number of nitrogens with zero attached hydrogens (tertiary/aromatic N) is 1. The second-order valence-corrected chi connectivity index (χ2v) is 9.15. The topological polar surface area (TPSA) is 49.7 Å². The van der Waals surface area contributed by atoms with Crippen LogP contribution in [0.1, 0.15) is 22.4 Å². The van der Waals surface area contributed by atoms with E-state index in [9.17, 15) is 13.6 Å². The van der Waals surface area contributed by atoms with Gasteiger partial charge in [0.2, 0.25) is 0 Å². The molecule has 150 valence electrons. The van der Waals surface area contributed by atoms with Crippen molar-refractivity contribution in [3.05, 3.63) is 63.3 Å². The van der Waals surface area contributed by atoms with Crippen molar-refractivity contribution in [2.24, 2.45) is 0 Å². The lowest BCUT2D eigenvalue weighted by molar-refractivity contribution is -0.0881. The van der Waals surface area contributed by atoms with Gasteiger partial charge in [0.1, 0.15) is 5.75 Å². The number of ether oxygens (including phenoxy) is 1. The van der Waals surface area contributed by atoms with Gasteiger partial charge in [-0.15, -0.1) is 9.46 Å². The third kappa shape index (κ3) is 3.87. The predicted molar refractivity (Wildman–Crippen MR) is 107 cm³/mol. The highest BCUT2D eigenvalue weighted by Crippen LogP contribution is 2.53. The second kappa shape index (κ2) is 8.33. The van der Waals surface area contributed by atoms with E-state index in [1.54, 1.807) is 19.2 Å². The van der Waals surface area contributed by atoms with Crippen molar-refractivity contribution in [1.82, 2.24) is 4.57 Å².